The molecule has 0 saturated carbocycles. The van der Waals surface area contributed by atoms with Gasteiger partial charge in [0.15, 0.2) is 0 Å². The zero-order valence-electron chi connectivity index (χ0n) is 9.30. The van der Waals surface area contributed by atoms with Crippen molar-refractivity contribution in [3.8, 4) is 0 Å². The van der Waals surface area contributed by atoms with Crippen LogP contribution in [0, 0.1) is 0 Å². The van der Waals surface area contributed by atoms with Gasteiger partial charge in [-0.15, -0.1) is 0 Å². The van der Waals surface area contributed by atoms with Crippen LogP contribution in [0.2, 0.25) is 0 Å². The van der Waals surface area contributed by atoms with Crippen molar-refractivity contribution in [1.29, 1.82) is 0 Å². The van der Waals surface area contributed by atoms with Crippen LogP contribution in [-0.4, -0.2) is 39.5 Å². The smallest absolute Gasteiger partial charge is 0.329 e. The van der Waals surface area contributed by atoms with Crippen LogP contribution >= 0.6 is 0 Å². The van der Waals surface area contributed by atoms with Gasteiger partial charge < -0.3 is 10.6 Å². The van der Waals surface area contributed by atoms with Gasteiger partial charge in [0.25, 0.3) is 0 Å². The summed E-state index contributed by atoms with van der Waals surface area (Å²) in [5.41, 5.74) is 5.10. The molecule has 2 amide bonds. The number of amides is 2. The van der Waals surface area contributed by atoms with Crippen LogP contribution in [0.4, 0.5) is 4.79 Å². The molecule has 2 N–H and O–H groups in total. The third kappa shape index (κ3) is 3.38. The molecule has 6 nitrogen and oxygen atoms in total. The summed E-state index contributed by atoms with van der Waals surface area (Å²) in [4.78, 5) is 27.9. The molecule has 6 heteroatoms. The van der Waals surface area contributed by atoms with E-state index in [0.29, 0.717) is 6.54 Å². The van der Waals surface area contributed by atoms with Crippen molar-refractivity contribution in [3.63, 3.8) is 0 Å². The molecular formula is C10H16N4O2. The number of aromatic nitrogens is 2. The molecule has 0 atom stereocenters. The van der Waals surface area contributed by atoms with Crippen molar-refractivity contribution < 1.29 is 9.59 Å². The second-order valence-corrected chi connectivity index (χ2v) is 3.49. The quantitative estimate of drug-likeness (QED) is 0.787. The van der Waals surface area contributed by atoms with E-state index in [1.165, 1.54) is 22.0 Å². The zero-order chi connectivity index (χ0) is 12.0. The molecular weight excluding hydrogens is 208 g/mol. The summed E-state index contributed by atoms with van der Waals surface area (Å²) in [6, 6.07) is -0.273. The van der Waals surface area contributed by atoms with Crippen LogP contribution in [0.25, 0.3) is 0 Å². The maximum atomic E-state index is 11.9. The highest BCUT2D eigenvalue weighted by molar-refractivity contribution is 5.83. The Morgan fingerprint density at radius 2 is 2.25 bits per heavy atom. The molecule has 0 saturated heterocycles. The number of carbonyl (C=O) groups excluding carboxylic acids is 2. The average molecular weight is 224 g/mol. The lowest BCUT2D eigenvalue weighted by molar-refractivity contribution is -0.118. The molecule has 0 aliphatic heterocycles. The Bertz CT molecular complexity index is 348. The van der Waals surface area contributed by atoms with Crippen LogP contribution in [-0.2, 0) is 4.79 Å². The third-order valence-electron chi connectivity index (χ3n) is 2.12. The lowest BCUT2D eigenvalue weighted by Gasteiger charge is -2.20. The van der Waals surface area contributed by atoms with Crippen LogP contribution in [0.15, 0.2) is 18.7 Å². The average Bonchev–Trinajstić information content (AvgIpc) is 2.76. The second kappa shape index (κ2) is 5.89. The van der Waals surface area contributed by atoms with Crippen molar-refractivity contribution >= 4 is 11.9 Å². The van der Waals surface area contributed by atoms with E-state index in [-0.39, 0.29) is 12.6 Å². The molecule has 1 aromatic heterocycles. The van der Waals surface area contributed by atoms with E-state index in [1.54, 1.807) is 6.20 Å². The standard InChI is InChI=1S/C10H16N4O2/c1-2-3-5-13(7-9(11)15)10(16)14-6-4-12-8-14/h4,6,8H,2-3,5,7H2,1H3,(H2,11,15). The lowest BCUT2D eigenvalue weighted by Crippen LogP contribution is -2.41. The molecule has 0 unspecified atom stereocenters. The van der Waals surface area contributed by atoms with Crippen LogP contribution in [0.5, 0.6) is 0 Å². The summed E-state index contributed by atoms with van der Waals surface area (Å²) >= 11 is 0. The maximum Gasteiger partial charge on any atom is 0.329 e. The Hall–Kier alpha value is -1.85. The Morgan fingerprint density at radius 1 is 1.50 bits per heavy atom. The number of hydrogen-bond acceptors (Lipinski definition) is 3. The monoisotopic (exact) mass is 224 g/mol. The van der Waals surface area contributed by atoms with Gasteiger partial charge >= 0.3 is 6.03 Å². The molecule has 0 aromatic carbocycles. The number of imidazole rings is 1. The first kappa shape index (κ1) is 12.2. The summed E-state index contributed by atoms with van der Waals surface area (Å²) in [7, 11) is 0. The van der Waals surface area contributed by atoms with Gasteiger partial charge in [0.1, 0.15) is 12.9 Å². The number of nitrogens with zero attached hydrogens (tertiary/aromatic N) is 3. The maximum absolute atomic E-state index is 11.9. The highest BCUT2D eigenvalue weighted by atomic mass is 16.2. The first-order valence-corrected chi connectivity index (χ1v) is 5.20. The molecule has 1 rings (SSSR count). The first-order chi connectivity index (χ1) is 7.65. The van der Waals surface area contributed by atoms with Gasteiger partial charge in [-0.3, -0.25) is 9.36 Å². The van der Waals surface area contributed by atoms with Gasteiger partial charge in [0.2, 0.25) is 5.91 Å². The van der Waals surface area contributed by atoms with Gasteiger partial charge in [0.05, 0.1) is 0 Å². The summed E-state index contributed by atoms with van der Waals surface area (Å²) in [5.74, 6) is -0.510. The van der Waals surface area contributed by atoms with Crippen LogP contribution in [0.1, 0.15) is 19.8 Å². The van der Waals surface area contributed by atoms with Crippen molar-refractivity contribution in [2.75, 3.05) is 13.1 Å². The first-order valence-electron chi connectivity index (χ1n) is 5.20. The molecule has 16 heavy (non-hydrogen) atoms. The van der Waals surface area contributed by atoms with Crippen molar-refractivity contribution in [2.24, 2.45) is 5.73 Å². The number of hydrogen-bond donors (Lipinski definition) is 1. The number of rotatable bonds is 5. The molecule has 0 radical (unpaired) electrons. The molecule has 0 fully saturated rings. The summed E-state index contributed by atoms with van der Waals surface area (Å²) in [5, 5.41) is 0. The predicted molar refractivity (Wildman–Crippen MR) is 58.7 cm³/mol. The molecule has 0 spiro atoms. The number of unbranched alkanes of at least 4 members (excludes halogenated alkanes) is 1. The Kier molecular flexibility index (Phi) is 4.50. The Balaban J connectivity index is 2.67. The topological polar surface area (TPSA) is 81.2 Å². The number of primary amides is 1. The minimum absolute atomic E-state index is 0.0585. The minimum atomic E-state index is -0.510. The van der Waals surface area contributed by atoms with E-state index in [1.807, 2.05) is 6.92 Å². The Morgan fingerprint density at radius 3 is 2.75 bits per heavy atom. The summed E-state index contributed by atoms with van der Waals surface area (Å²) in [6.45, 7) is 2.48. The van der Waals surface area contributed by atoms with Gasteiger partial charge in [-0.1, -0.05) is 13.3 Å². The Labute approximate surface area is 94.0 Å². The highest BCUT2D eigenvalue weighted by Gasteiger charge is 2.16. The molecule has 0 aliphatic carbocycles. The summed E-state index contributed by atoms with van der Waals surface area (Å²) < 4.78 is 1.33. The number of nitrogens with two attached hydrogens (primary N) is 1. The van der Waals surface area contributed by atoms with E-state index in [2.05, 4.69) is 4.98 Å². The minimum Gasteiger partial charge on any atom is -0.368 e. The van der Waals surface area contributed by atoms with E-state index >= 15 is 0 Å². The fraction of sp³-hybridized carbons (Fsp3) is 0.500. The van der Waals surface area contributed by atoms with Crippen molar-refractivity contribution in [3.05, 3.63) is 18.7 Å². The van der Waals surface area contributed by atoms with Crippen LogP contribution < -0.4 is 5.73 Å². The van der Waals surface area contributed by atoms with Gasteiger partial charge in [-0.2, -0.15) is 0 Å². The summed E-state index contributed by atoms with van der Waals surface area (Å²) in [6.07, 6.45) is 6.25. The molecule has 88 valence electrons. The van der Waals surface area contributed by atoms with Gasteiger partial charge in [0, 0.05) is 18.9 Å². The molecule has 0 aliphatic rings. The predicted octanol–water partition coefficient (Wildman–Crippen LogP) is 0.439. The van der Waals surface area contributed by atoms with Gasteiger partial charge in [-0.05, 0) is 6.42 Å². The lowest BCUT2D eigenvalue weighted by atomic mass is 10.3. The fourth-order valence-electron chi connectivity index (χ4n) is 1.31. The van der Waals surface area contributed by atoms with E-state index in [0.717, 1.165) is 12.8 Å². The third-order valence-corrected chi connectivity index (χ3v) is 2.12. The van der Waals surface area contributed by atoms with E-state index < -0.39 is 5.91 Å². The normalized spacial score (nSPS) is 10.1. The SMILES string of the molecule is CCCCN(CC(N)=O)C(=O)n1ccnc1. The molecule has 1 heterocycles. The highest BCUT2D eigenvalue weighted by Crippen LogP contribution is 1.99. The second-order valence-electron chi connectivity index (χ2n) is 3.49. The van der Waals surface area contributed by atoms with Crippen molar-refractivity contribution in [2.45, 2.75) is 19.8 Å². The van der Waals surface area contributed by atoms with Crippen molar-refractivity contribution in [1.82, 2.24) is 14.5 Å². The number of carbonyl (C=O) groups is 2. The molecule has 0 bridgehead atoms. The zero-order valence-corrected chi connectivity index (χ0v) is 9.30. The molecule has 1 aromatic rings. The largest absolute Gasteiger partial charge is 0.368 e. The van der Waals surface area contributed by atoms with Crippen LogP contribution in [0.3, 0.4) is 0 Å². The fourth-order valence-corrected chi connectivity index (χ4v) is 1.31. The van der Waals surface area contributed by atoms with E-state index in [9.17, 15) is 9.59 Å². The van der Waals surface area contributed by atoms with E-state index in [4.69, 9.17) is 5.73 Å². The van der Waals surface area contributed by atoms with Gasteiger partial charge in [-0.25, -0.2) is 9.78 Å².